The normalized spacial score (nSPS) is 25.8. The predicted molar refractivity (Wildman–Crippen MR) is 70.0 cm³/mol. The van der Waals surface area contributed by atoms with Crippen LogP contribution in [0.25, 0.3) is 0 Å². The second-order valence-electron chi connectivity index (χ2n) is 4.65. The van der Waals surface area contributed by atoms with Gasteiger partial charge in [0.25, 0.3) is 0 Å². The van der Waals surface area contributed by atoms with Crippen molar-refractivity contribution in [3.8, 4) is 0 Å². The average molecular weight is 239 g/mol. The monoisotopic (exact) mass is 238 g/mol. The molecule has 2 atom stereocenters. The van der Waals surface area contributed by atoms with Crippen molar-refractivity contribution in [2.24, 2.45) is 11.7 Å². The van der Waals surface area contributed by atoms with Crippen LogP contribution in [0, 0.1) is 5.92 Å². The topological polar surface area (TPSA) is 29.3 Å². The minimum atomic E-state index is 0.290. The number of hydrogen-bond donors (Lipinski definition) is 1. The highest BCUT2D eigenvalue weighted by Gasteiger charge is 2.23. The summed E-state index contributed by atoms with van der Waals surface area (Å²) in [5.41, 5.74) is 7.29. The molecule has 0 amide bonds. The Balaban J connectivity index is 2.14. The molecule has 1 saturated heterocycles. The van der Waals surface area contributed by atoms with Gasteiger partial charge in [0, 0.05) is 29.8 Å². The van der Waals surface area contributed by atoms with E-state index in [4.69, 9.17) is 17.3 Å². The Morgan fingerprint density at radius 3 is 2.94 bits per heavy atom. The molecule has 1 fully saturated rings. The number of nitrogens with two attached hydrogens (primary N) is 1. The first-order valence-electron chi connectivity index (χ1n) is 5.95. The molecule has 1 aromatic carbocycles. The van der Waals surface area contributed by atoms with Gasteiger partial charge in [0.1, 0.15) is 0 Å². The lowest BCUT2D eigenvalue weighted by Crippen LogP contribution is -2.47. The van der Waals surface area contributed by atoms with Crippen LogP contribution in [0.2, 0.25) is 5.02 Å². The Labute approximate surface area is 102 Å². The average Bonchev–Trinajstić information content (AvgIpc) is 2.28. The smallest absolute Gasteiger partial charge is 0.0426 e. The molecule has 0 saturated carbocycles. The number of anilines is 1. The van der Waals surface area contributed by atoms with Crippen molar-refractivity contribution in [2.75, 3.05) is 18.0 Å². The molecule has 0 radical (unpaired) electrons. The molecule has 3 heteroatoms. The van der Waals surface area contributed by atoms with Gasteiger partial charge in [0.05, 0.1) is 0 Å². The second kappa shape index (κ2) is 5.07. The lowest BCUT2D eigenvalue weighted by atomic mass is 9.92. The zero-order valence-electron chi connectivity index (χ0n) is 9.70. The van der Waals surface area contributed by atoms with Crippen LogP contribution in [0.3, 0.4) is 0 Å². The van der Waals surface area contributed by atoms with Crippen LogP contribution in [0.1, 0.15) is 19.8 Å². The third-order valence-corrected chi connectivity index (χ3v) is 3.56. The van der Waals surface area contributed by atoms with Gasteiger partial charge in [-0.25, -0.2) is 0 Å². The fourth-order valence-electron chi connectivity index (χ4n) is 2.43. The molecule has 1 aliphatic rings. The second-order valence-corrected chi connectivity index (χ2v) is 5.09. The minimum absolute atomic E-state index is 0.290. The lowest BCUT2D eigenvalue weighted by Gasteiger charge is -2.37. The van der Waals surface area contributed by atoms with Crippen molar-refractivity contribution in [3.05, 3.63) is 29.3 Å². The van der Waals surface area contributed by atoms with E-state index < -0.39 is 0 Å². The van der Waals surface area contributed by atoms with Crippen molar-refractivity contribution in [2.45, 2.75) is 25.8 Å². The van der Waals surface area contributed by atoms with Gasteiger partial charge in [-0.05, 0) is 30.5 Å². The Bertz CT molecular complexity index is 354. The van der Waals surface area contributed by atoms with Crippen molar-refractivity contribution in [1.29, 1.82) is 0 Å². The Morgan fingerprint density at radius 2 is 2.25 bits per heavy atom. The van der Waals surface area contributed by atoms with Gasteiger partial charge in [-0.3, -0.25) is 0 Å². The van der Waals surface area contributed by atoms with Crippen LogP contribution in [0.15, 0.2) is 24.3 Å². The van der Waals surface area contributed by atoms with E-state index in [0.29, 0.717) is 5.92 Å². The lowest BCUT2D eigenvalue weighted by molar-refractivity contribution is 0.368. The van der Waals surface area contributed by atoms with Crippen molar-refractivity contribution in [1.82, 2.24) is 0 Å². The van der Waals surface area contributed by atoms with Gasteiger partial charge in [-0.1, -0.05) is 31.0 Å². The first-order chi connectivity index (χ1) is 7.69. The van der Waals surface area contributed by atoms with E-state index >= 15 is 0 Å². The van der Waals surface area contributed by atoms with Gasteiger partial charge in [-0.2, -0.15) is 0 Å². The minimum Gasteiger partial charge on any atom is -0.370 e. The van der Waals surface area contributed by atoms with Crippen LogP contribution < -0.4 is 10.6 Å². The van der Waals surface area contributed by atoms with Crippen molar-refractivity contribution in [3.63, 3.8) is 0 Å². The van der Waals surface area contributed by atoms with E-state index in [0.717, 1.165) is 24.5 Å². The Hall–Kier alpha value is -0.730. The molecule has 0 aliphatic carbocycles. The van der Waals surface area contributed by atoms with E-state index in [1.54, 1.807) is 0 Å². The molecule has 0 bridgehead atoms. The SMILES string of the molecule is CCC1CC(N)CN(c2cccc(Cl)c2)C1. The number of halogens is 1. The zero-order valence-corrected chi connectivity index (χ0v) is 10.5. The van der Waals surface area contributed by atoms with Crippen LogP contribution in [0.5, 0.6) is 0 Å². The molecular weight excluding hydrogens is 220 g/mol. The Morgan fingerprint density at radius 1 is 1.44 bits per heavy atom. The molecule has 1 aliphatic heterocycles. The van der Waals surface area contributed by atoms with Gasteiger partial charge >= 0.3 is 0 Å². The fraction of sp³-hybridized carbons (Fsp3) is 0.538. The van der Waals surface area contributed by atoms with Crippen LogP contribution >= 0.6 is 11.6 Å². The molecule has 2 N–H and O–H groups in total. The molecule has 16 heavy (non-hydrogen) atoms. The Kier molecular flexibility index (Phi) is 3.72. The molecule has 0 spiro atoms. The molecule has 2 nitrogen and oxygen atoms in total. The number of benzene rings is 1. The standard InChI is InChI=1S/C13H19ClN2/c1-2-10-6-12(15)9-16(8-10)13-5-3-4-11(14)7-13/h3-5,7,10,12H,2,6,8-9,15H2,1H3. The third-order valence-electron chi connectivity index (χ3n) is 3.32. The highest BCUT2D eigenvalue weighted by Crippen LogP contribution is 2.26. The maximum Gasteiger partial charge on any atom is 0.0426 e. The number of hydrogen-bond acceptors (Lipinski definition) is 2. The molecule has 1 aromatic rings. The highest BCUT2D eigenvalue weighted by molar-refractivity contribution is 6.30. The summed E-state index contributed by atoms with van der Waals surface area (Å²) < 4.78 is 0. The summed E-state index contributed by atoms with van der Waals surface area (Å²) in [5, 5.41) is 0.796. The summed E-state index contributed by atoms with van der Waals surface area (Å²) in [6.07, 6.45) is 2.35. The van der Waals surface area contributed by atoms with E-state index in [-0.39, 0.29) is 6.04 Å². The summed E-state index contributed by atoms with van der Waals surface area (Å²) in [6, 6.07) is 8.33. The first kappa shape index (κ1) is 11.7. The van der Waals surface area contributed by atoms with E-state index in [1.165, 1.54) is 12.1 Å². The maximum absolute atomic E-state index is 6.09. The van der Waals surface area contributed by atoms with Gasteiger partial charge in [0.2, 0.25) is 0 Å². The predicted octanol–water partition coefficient (Wildman–Crippen LogP) is 2.90. The quantitative estimate of drug-likeness (QED) is 0.859. The molecular formula is C13H19ClN2. The molecule has 2 rings (SSSR count). The van der Waals surface area contributed by atoms with Gasteiger partial charge < -0.3 is 10.6 Å². The van der Waals surface area contributed by atoms with Gasteiger partial charge in [0.15, 0.2) is 0 Å². The zero-order chi connectivity index (χ0) is 11.5. The summed E-state index contributed by atoms with van der Waals surface area (Å²) >= 11 is 6.01. The maximum atomic E-state index is 6.09. The molecule has 88 valence electrons. The third kappa shape index (κ3) is 2.69. The number of nitrogens with zero attached hydrogens (tertiary/aromatic N) is 1. The largest absolute Gasteiger partial charge is 0.370 e. The summed E-state index contributed by atoms with van der Waals surface area (Å²) in [4.78, 5) is 2.36. The van der Waals surface area contributed by atoms with Crippen LogP contribution in [-0.4, -0.2) is 19.1 Å². The highest BCUT2D eigenvalue weighted by atomic mass is 35.5. The first-order valence-corrected chi connectivity index (χ1v) is 6.33. The molecule has 0 aromatic heterocycles. The number of piperidine rings is 1. The summed E-state index contributed by atoms with van der Waals surface area (Å²) in [5.74, 6) is 0.711. The summed E-state index contributed by atoms with van der Waals surface area (Å²) in [7, 11) is 0. The van der Waals surface area contributed by atoms with Crippen molar-refractivity contribution >= 4 is 17.3 Å². The molecule has 2 unspecified atom stereocenters. The van der Waals surface area contributed by atoms with E-state index in [2.05, 4.69) is 17.9 Å². The number of rotatable bonds is 2. The van der Waals surface area contributed by atoms with Crippen LogP contribution in [0.4, 0.5) is 5.69 Å². The fourth-order valence-corrected chi connectivity index (χ4v) is 2.61. The van der Waals surface area contributed by atoms with Gasteiger partial charge in [-0.15, -0.1) is 0 Å². The van der Waals surface area contributed by atoms with Crippen LogP contribution in [-0.2, 0) is 0 Å². The molecule has 1 heterocycles. The summed E-state index contributed by atoms with van der Waals surface area (Å²) in [6.45, 7) is 4.28. The van der Waals surface area contributed by atoms with E-state index in [1.807, 2.05) is 18.2 Å². The van der Waals surface area contributed by atoms with Crippen molar-refractivity contribution < 1.29 is 0 Å². The van der Waals surface area contributed by atoms with E-state index in [9.17, 15) is 0 Å².